The molecule has 0 unspecified atom stereocenters. The van der Waals surface area contributed by atoms with E-state index in [0.717, 1.165) is 0 Å². The molecule has 0 aliphatic heterocycles. The van der Waals surface area contributed by atoms with E-state index >= 15 is 0 Å². The van der Waals surface area contributed by atoms with E-state index in [1.54, 1.807) is 0 Å². The second-order valence-electron chi connectivity index (χ2n) is 1.59. The quantitative estimate of drug-likeness (QED) is 0.267. The van der Waals surface area contributed by atoms with Gasteiger partial charge in [0.1, 0.15) is 0 Å². The molecular formula is C6HCuF4. The van der Waals surface area contributed by atoms with Crippen LogP contribution >= 0.6 is 0 Å². The molecule has 0 aliphatic rings. The minimum Gasteiger partial charge on any atom is -0.281 e. The van der Waals surface area contributed by atoms with Crippen molar-refractivity contribution >= 4 is 0 Å². The van der Waals surface area contributed by atoms with Crippen LogP contribution in [0.4, 0.5) is 17.6 Å². The van der Waals surface area contributed by atoms with Crippen LogP contribution in [-0.2, 0) is 17.1 Å². The molecule has 0 heterocycles. The Balaban J connectivity index is 0.000001000. The Bertz CT molecular complexity index is 211. The van der Waals surface area contributed by atoms with Crippen molar-refractivity contribution in [3.63, 3.8) is 0 Å². The van der Waals surface area contributed by atoms with Crippen LogP contribution in [0.1, 0.15) is 0 Å². The summed E-state index contributed by atoms with van der Waals surface area (Å²) in [4.78, 5) is 0. The van der Waals surface area contributed by atoms with Crippen LogP contribution in [0, 0.1) is 29.3 Å². The molecule has 0 bridgehead atoms. The molecule has 0 saturated carbocycles. The fourth-order valence-corrected chi connectivity index (χ4v) is 0.454. The van der Waals surface area contributed by atoms with E-state index in [0.29, 0.717) is 0 Å². The number of halogens is 4. The standard InChI is InChI=1S/C6HF4.Cu/c7-3-1-4(8)6(10)2-5(3)9;/h1H;/q-1;+1. The Kier molecular flexibility index (Phi) is 3.55. The van der Waals surface area contributed by atoms with Gasteiger partial charge in [-0.15, -0.1) is 6.07 Å². The molecule has 0 spiro atoms. The Labute approximate surface area is 70.7 Å². The van der Waals surface area contributed by atoms with Gasteiger partial charge in [0.25, 0.3) is 0 Å². The van der Waals surface area contributed by atoms with Crippen molar-refractivity contribution in [3.8, 4) is 0 Å². The van der Waals surface area contributed by atoms with Gasteiger partial charge < -0.3 is 0 Å². The maximum absolute atomic E-state index is 11.9. The predicted octanol–water partition coefficient (Wildman–Crippen LogP) is 2.04. The summed E-state index contributed by atoms with van der Waals surface area (Å²) in [5, 5.41) is 0. The van der Waals surface area contributed by atoms with Gasteiger partial charge in [-0.05, 0) is 0 Å². The molecule has 0 atom stereocenters. The molecule has 0 fully saturated rings. The first-order valence-electron chi connectivity index (χ1n) is 2.33. The Hall–Kier alpha value is -0.541. The zero-order valence-electron chi connectivity index (χ0n) is 4.89. The van der Waals surface area contributed by atoms with Crippen LogP contribution in [0.25, 0.3) is 0 Å². The number of rotatable bonds is 0. The minimum atomic E-state index is -1.51. The Morgan fingerprint density at radius 2 is 1.27 bits per heavy atom. The van der Waals surface area contributed by atoms with E-state index in [-0.39, 0.29) is 23.1 Å². The van der Waals surface area contributed by atoms with Crippen LogP contribution in [0.3, 0.4) is 0 Å². The van der Waals surface area contributed by atoms with Crippen molar-refractivity contribution in [3.05, 3.63) is 35.4 Å². The van der Waals surface area contributed by atoms with Crippen molar-refractivity contribution in [2.75, 3.05) is 0 Å². The summed E-state index contributed by atoms with van der Waals surface area (Å²) >= 11 is 0. The topological polar surface area (TPSA) is 0 Å². The summed E-state index contributed by atoms with van der Waals surface area (Å²) < 4.78 is 47.7. The molecule has 1 aromatic rings. The smallest absolute Gasteiger partial charge is 0.281 e. The summed E-state index contributed by atoms with van der Waals surface area (Å²) in [5.41, 5.74) is 0. The van der Waals surface area contributed by atoms with Crippen molar-refractivity contribution < 1.29 is 34.6 Å². The van der Waals surface area contributed by atoms with E-state index in [1.807, 2.05) is 0 Å². The molecule has 0 aromatic heterocycles. The zero-order chi connectivity index (χ0) is 7.72. The van der Waals surface area contributed by atoms with Crippen LogP contribution in [0.2, 0.25) is 0 Å². The van der Waals surface area contributed by atoms with Crippen molar-refractivity contribution in [2.24, 2.45) is 0 Å². The maximum Gasteiger partial charge on any atom is 1.00 e. The SMILES string of the molecule is Fc1[c-]c(F)c(F)cc1F.[Cu+]. The minimum absolute atomic E-state index is 0. The molecular weight excluding hydrogens is 212 g/mol. The fourth-order valence-electron chi connectivity index (χ4n) is 0.454. The van der Waals surface area contributed by atoms with Crippen molar-refractivity contribution in [1.82, 2.24) is 0 Å². The molecule has 1 aromatic carbocycles. The van der Waals surface area contributed by atoms with E-state index in [1.165, 1.54) is 6.07 Å². The third-order valence-corrected chi connectivity index (χ3v) is 0.892. The molecule has 5 heteroatoms. The van der Waals surface area contributed by atoms with Gasteiger partial charge >= 0.3 is 17.1 Å². The molecule has 0 N–H and O–H groups in total. The second kappa shape index (κ2) is 3.74. The van der Waals surface area contributed by atoms with E-state index in [9.17, 15) is 17.6 Å². The fraction of sp³-hybridized carbons (Fsp3) is 0. The first kappa shape index (κ1) is 10.5. The van der Waals surface area contributed by atoms with Crippen LogP contribution in [-0.4, -0.2) is 0 Å². The van der Waals surface area contributed by atoms with Gasteiger partial charge in [-0.2, -0.15) is 0 Å². The van der Waals surface area contributed by atoms with E-state index in [2.05, 4.69) is 0 Å². The first-order valence-corrected chi connectivity index (χ1v) is 2.33. The third kappa shape index (κ3) is 2.20. The Morgan fingerprint density at radius 3 is 1.55 bits per heavy atom. The number of hydrogen-bond acceptors (Lipinski definition) is 0. The average Bonchev–Trinajstić information content (AvgIpc) is 1.84. The van der Waals surface area contributed by atoms with Gasteiger partial charge in [0.15, 0.2) is 0 Å². The van der Waals surface area contributed by atoms with Crippen molar-refractivity contribution in [2.45, 2.75) is 0 Å². The summed E-state index contributed by atoms with van der Waals surface area (Å²) in [6, 6.07) is 1.35. The van der Waals surface area contributed by atoms with Gasteiger partial charge in [-0.25, -0.2) is 8.78 Å². The average molecular weight is 213 g/mol. The molecule has 0 saturated heterocycles. The van der Waals surface area contributed by atoms with Crippen LogP contribution < -0.4 is 0 Å². The number of benzene rings is 1. The Morgan fingerprint density at radius 1 is 0.909 bits per heavy atom. The predicted molar refractivity (Wildman–Crippen MR) is 25.1 cm³/mol. The molecule has 64 valence electrons. The molecule has 0 radical (unpaired) electrons. The van der Waals surface area contributed by atoms with Crippen LogP contribution in [0.15, 0.2) is 6.07 Å². The van der Waals surface area contributed by atoms with Gasteiger partial charge in [-0.1, -0.05) is 6.07 Å². The summed E-state index contributed by atoms with van der Waals surface area (Å²) in [6.45, 7) is 0. The molecule has 1 rings (SSSR count). The van der Waals surface area contributed by atoms with E-state index < -0.39 is 23.3 Å². The summed E-state index contributed by atoms with van der Waals surface area (Å²) in [6.07, 6.45) is 0. The monoisotopic (exact) mass is 212 g/mol. The van der Waals surface area contributed by atoms with E-state index in [4.69, 9.17) is 0 Å². The largest absolute Gasteiger partial charge is 1.00 e. The molecule has 0 aliphatic carbocycles. The normalized spacial score (nSPS) is 9.09. The van der Waals surface area contributed by atoms with Gasteiger partial charge in [-0.3, -0.25) is 8.78 Å². The molecule has 0 nitrogen and oxygen atoms in total. The maximum atomic E-state index is 11.9. The van der Waals surface area contributed by atoms with Gasteiger partial charge in [0.2, 0.25) is 0 Å². The molecule has 11 heavy (non-hydrogen) atoms. The third-order valence-electron chi connectivity index (χ3n) is 0.892. The van der Waals surface area contributed by atoms with Crippen molar-refractivity contribution in [1.29, 1.82) is 0 Å². The summed E-state index contributed by atoms with van der Waals surface area (Å²) in [7, 11) is 0. The van der Waals surface area contributed by atoms with Crippen LogP contribution in [0.5, 0.6) is 0 Å². The van der Waals surface area contributed by atoms with Gasteiger partial charge in [0.05, 0.1) is 0 Å². The number of hydrogen-bond donors (Lipinski definition) is 0. The van der Waals surface area contributed by atoms with Gasteiger partial charge in [0, 0.05) is 23.3 Å². The molecule has 0 amide bonds. The summed E-state index contributed by atoms with van der Waals surface area (Å²) in [5.74, 6) is -5.92. The zero-order valence-corrected chi connectivity index (χ0v) is 5.83. The first-order chi connectivity index (χ1) is 4.61. The second-order valence-corrected chi connectivity index (χ2v) is 1.59.